The van der Waals surface area contributed by atoms with Crippen LogP contribution in [0.1, 0.15) is 25.7 Å². The second-order valence-corrected chi connectivity index (χ2v) is 5.13. The lowest BCUT2D eigenvalue weighted by atomic mass is 10.1. The molecule has 1 heterocycles. The molecule has 0 bridgehead atoms. The van der Waals surface area contributed by atoms with Crippen LogP contribution in [0.3, 0.4) is 0 Å². The Kier molecular flexibility index (Phi) is 2.75. The van der Waals surface area contributed by atoms with Crippen LogP contribution >= 0.6 is 11.8 Å². The highest BCUT2D eigenvalue weighted by Crippen LogP contribution is 2.35. The van der Waals surface area contributed by atoms with E-state index < -0.39 is 0 Å². The maximum Gasteiger partial charge on any atom is 0.00478 e. The topological polar surface area (TPSA) is 12.0 Å². The molecule has 2 heteroatoms. The number of hydrogen-bond acceptors (Lipinski definition) is 2. The molecule has 0 spiro atoms. The van der Waals surface area contributed by atoms with Gasteiger partial charge in [0, 0.05) is 5.25 Å². The summed E-state index contributed by atoms with van der Waals surface area (Å²) in [7, 11) is 0. The zero-order valence-electron chi connectivity index (χ0n) is 7.01. The lowest BCUT2D eigenvalue weighted by Gasteiger charge is -2.06. The van der Waals surface area contributed by atoms with E-state index >= 15 is 0 Å². The van der Waals surface area contributed by atoms with Gasteiger partial charge in [-0.25, -0.2) is 0 Å². The van der Waals surface area contributed by atoms with Gasteiger partial charge in [-0.3, -0.25) is 0 Å². The predicted molar refractivity (Wildman–Crippen MR) is 51.1 cm³/mol. The smallest absolute Gasteiger partial charge is 0.00478 e. The van der Waals surface area contributed by atoms with E-state index in [-0.39, 0.29) is 0 Å². The fourth-order valence-corrected chi connectivity index (χ4v) is 2.87. The van der Waals surface area contributed by atoms with E-state index in [1.54, 1.807) is 0 Å². The fourth-order valence-electron chi connectivity index (χ4n) is 1.60. The normalized spacial score (nSPS) is 31.1. The summed E-state index contributed by atoms with van der Waals surface area (Å²) in [6.45, 7) is 2.55. The minimum absolute atomic E-state index is 1.00. The van der Waals surface area contributed by atoms with Crippen molar-refractivity contribution in [3.63, 3.8) is 0 Å². The fraction of sp³-hybridized carbons (Fsp3) is 1.00. The largest absolute Gasteiger partial charge is 0.316 e. The highest BCUT2D eigenvalue weighted by Gasteiger charge is 2.22. The Hall–Kier alpha value is 0.310. The molecule has 1 aliphatic heterocycles. The lowest BCUT2D eigenvalue weighted by Crippen LogP contribution is -2.09. The molecule has 0 amide bonds. The predicted octanol–water partition coefficient (Wildman–Crippen LogP) is 1.88. The Labute approximate surface area is 73.3 Å². The summed E-state index contributed by atoms with van der Waals surface area (Å²) in [5, 5.41) is 4.48. The summed E-state index contributed by atoms with van der Waals surface area (Å²) < 4.78 is 0. The van der Waals surface area contributed by atoms with Crippen molar-refractivity contribution in [1.29, 1.82) is 0 Å². The molecule has 11 heavy (non-hydrogen) atoms. The van der Waals surface area contributed by atoms with Crippen molar-refractivity contribution in [3.05, 3.63) is 0 Å². The standard InChI is InChI=1S/C9H17NS/c1-2-9(1)11-6-4-8-3-5-10-7-8/h8-10H,1-7H2. The monoisotopic (exact) mass is 171 g/mol. The molecule has 0 aromatic rings. The maximum absolute atomic E-state index is 3.42. The molecule has 2 fully saturated rings. The van der Waals surface area contributed by atoms with Gasteiger partial charge in [-0.2, -0.15) is 11.8 Å². The molecule has 0 aromatic carbocycles. The third kappa shape index (κ3) is 2.68. The summed E-state index contributed by atoms with van der Waals surface area (Å²) in [6.07, 6.45) is 5.86. The van der Waals surface area contributed by atoms with Crippen molar-refractivity contribution in [1.82, 2.24) is 5.32 Å². The molecule has 1 N–H and O–H groups in total. The molecule has 0 aromatic heterocycles. The van der Waals surface area contributed by atoms with Gasteiger partial charge in [0.1, 0.15) is 0 Å². The lowest BCUT2D eigenvalue weighted by molar-refractivity contribution is 0.568. The Morgan fingerprint density at radius 1 is 1.27 bits per heavy atom. The van der Waals surface area contributed by atoms with Crippen molar-refractivity contribution in [3.8, 4) is 0 Å². The summed E-state index contributed by atoms with van der Waals surface area (Å²) in [5.41, 5.74) is 0. The minimum atomic E-state index is 1.00. The first kappa shape index (κ1) is 7.93. The third-order valence-electron chi connectivity index (χ3n) is 2.57. The number of thioether (sulfide) groups is 1. The highest BCUT2D eigenvalue weighted by atomic mass is 32.2. The molecule has 1 aliphatic carbocycles. The number of rotatable bonds is 4. The molecule has 1 nitrogen and oxygen atoms in total. The van der Waals surface area contributed by atoms with Crippen LogP contribution in [0.25, 0.3) is 0 Å². The number of nitrogens with one attached hydrogen (secondary N) is 1. The van der Waals surface area contributed by atoms with E-state index in [1.165, 1.54) is 44.5 Å². The van der Waals surface area contributed by atoms with E-state index in [1.807, 2.05) is 0 Å². The first-order chi connectivity index (χ1) is 5.45. The van der Waals surface area contributed by atoms with Crippen molar-refractivity contribution < 1.29 is 0 Å². The van der Waals surface area contributed by atoms with Crippen LogP contribution in [0, 0.1) is 5.92 Å². The zero-order valence-corrected chi connectivity index (χ0v) is 7.83. The van der Waals surface area contributed by atoms with Crippen molar-refractivity contribution in [2.45, 2.75) is 30.9 Å². The Bertz CT molecular complexity index is 117. The molecule has 1 saturated carbocycles. The van der Waals surface area contributed by atoms with Gasteiger partial charge in [-0.15, -0.1) is 0 Å². The van der Waals surface area contributed by atoms with Crippen LogP contribution in [0.5, 0.6) is 0 Å². The van der Waals surface area contributed by atoms with Gasteiger partial charge in [-0.1, -0.05) is 0 Å². The van der Waals surface area contributed by atoms with Crippen molar-refractivity contribution >= 4 is 11.8 Å². The average Bonchev–Trinajstić information content (AvgIpc) is 2.66. The summed E-state index contributed by atoms with van der Waals surface area (Å²) in [4.78, 5) is 0. The van der Waals surface area contributed by atoms with Crippen LogP contribution in [-0.2, 0) is 0 Å². The summed E-state index contributed by atoms with van der Waals surface area (Å²) in [5.74, 6) is 2.41. The average molecular weight is 171 g/mol. The van der Waals surface area contributed by atoms with Gasteiger partial charge < -0.3 is 5.32 Å². The first-order valence-corrected chi connectivity index (χ1v) is 5.82. The van der Waals surface area contributed by atoms with Gasteiger partial charge >= 0.3 is 0 Å². The maximum atomic E-state index is 3.42. The molecule has 64 valence electrons. The summed E-state index contributed by atoms with van der Waals surface area (Å²) >= 11 is 2.20. The van der Waals surface area contributed by atoms with E-state index in [4.69, 9.17) is 0 Å². The van der Waals surface area contributed by atoms with E-state index in [9.17, 15) is 0 Å². The SMILES string of the molecule is C1CC(CCSC2CC2)CN1. The van der Waals surface area contributed by atoms with E-state index in [0.717, 1.165) is 11.2 Å². The Morgan fingerprint density at radius 3 is 2.82 bits per heavy atom. The van der Waals surface area contributed by atoms with Crippen molar-refractivity contribution in [2.24, 2.45) is 5.92 Å². The van der Waals surface area contributed by atoms with Gasteiger partial charge in [0.25, 0.3) is 0 Å². The van der Waals surface area contributed by atoms with Crippen LogP contribution in [0.2, 0.25) is 0 Å². The third-order valence-corrected chi connectivity index (χ3v) is 3.98. The molecule has 1 saturated heterocycles. The van der Waals surface area contributed by atoms with Crippen LogP contribution in [0.4, 0.5) is 0 Å². The molecule has 1 atom stereocenters. The number of hydrogen-bond donors (Lipinski definition) is 1. The Balaban J connectivity index is 1.51. The van der Waals surface area contributed by atoms with Gasteiger partial charge in [0.2, 0.25) is 0 Å². The van der Waals surface area contributed by atoms with E-state index in [0.29, 0.717) is 0 Å². The second kappa shape index (κ2) is 3.81. The molecule has 0 radical (unpaired) electrons. The quantitative estimate of drug-likeness (QED) is 0.693. The highest BCUT2D eigenvalue weighted by molar-refractivity contribution is 8.00. The van der Waals surface area contributed by atoms with Crippen molar-refractivity contribution in [2.75, 3.05) is 18.8 Å². The molecular formula is C9H17NS. The second-order valence-electron chi connectivity index (χ2n) is 3.72. The molecular weight excluding hydrogens is 154 g/mol. The molecule has 2 aliphatic rings. The van der Waals surface area contributed by atoms with E-state index in [2.05, 4.69) is 17.1 Å². The summed E-state index contributed by atoms with van der Waals surface area (Å²) in [6, 6.07) is 0. The first-order valence-electron chi connectivity index (χ1n) is 4.77. The van der Waals surface area contributed by atoms with Crippen LogP contribution < -0.4 is 5.32 Å². The van der Waals surface area contributed by atoms with Gasteiger partial charge in [0.05, 0.1) is 0 Å². The van der Waals surface area contributed by atoms with Gasteiger partial charge in [0.15, 0.2) is 0 Å². The minimum Gasteiger partial charge on any atom is -0.316 e. The van der Waals surface area contributed by atoms with Gasteiger partial charge in [-0.05, 0) is 50.4 Å². The van der Waals surface area contributed by atoms with Crippen LogP contribution in [-0.4, -0.2) is 24.1 Å². The molecule has 1 unspecified atom stereocenters. The van der Waals surface area contributed by atoms with Crippen LogP contribution in [0.15, 0.2) is 0 Å². The Morgan fingerprint density at radius 2 is 2.18 bits per heavy atom. The molecule has 2 rings (SSSR count). The zero-order chi connectivity index (χ0) is 7.52.